The number of fused-ring (bicyclic) bond motifs is 1. The second-order valence-electron chi connectivity index (χ2n) is 7.42. The van der Waals surface area contributed by atoms with E-state index in [0.717, 1.165) is 40.3 Å². The van der Waals surface area contributed by atoms with Crippen molar-refractivity contribution in [1.82, 2.24) is 19.2 Å². The van der Waals surface area contributed by atoms with Crippen LogP contribution < -0.4 is 10.5 Å². The summed E-state index contributed by atoms with van der Waals surface area (Å²) in [4.78, 5) is 4.41. The molecule has 3 heterocycles. The molecule has 0 fully saturated rings. The first-order chi connectivity index (χ1) is 14.5. The lowest BCUT2D eigenvalue weighted by atomic mass is 10.1. The zero-order valence-corrected chi connectivity index (χ0v) is 17.5. The number of ether oxygens (including phenoxy) is 1. The minimum absolute atomic E-state index is 0.261. The number of hydrogen-bond donors (Lipinski definition) is 1. The van der Waals surface area contributed by atoms with Crippen molar-refractivity contribution >= 4 is 5.65 Å². The molecule has 0 amide bonds. The lowest BCUT2D eigenvalue weighted by molar-refractivity contribution is 0.306. The predicted molar refractivity (Wildman–Crippen MR) is 115 cm³/mol. The third kappa shape index (κ3) is 3.68. The van der Waals surface area contributed by atoms with Gasteiger partial charge in [-0.15, -0.1) is 0 Å². The molecule has 0 saturated carbocycles. The van der Waals surface area contributed by atoms with E-state index in [1.807, 2.05) is 60.6 Å². The minimum atomic E-state index is -0.375. The molecule has 156 valence electrons. The zero-order valence-electron chi connectivity index (χ0n) is 17.5. The molecule has 2 N–H and O–H groups in total. The molecular formula is C23H26FN5O. The Bertz CT molecular complexity index is 1190. The highest BCUT2D eigenvalue weighted by atomic mass is 19.1. The monoisotopic (exact) mass is 407 g/mol. The van der Waals surface area contributed by atoms with E-state index in [0.29, 0.717) is 25.1 Å². The number of halogens is 1. The van der Waals surface area contributed by atoms with E-state index in [4.69, 9.17) is 10.5 Å². The molecule has 7 heteroatoms. The van der Waals surface area contributed by atoms with Crippen molar-refractivity contribution < 1.29 is 9.13 Å². The molecule has 0 saturated heterocycles. The van der Waals surface area contributed by atoms with E-state index in [9.17, 15) is 4.39 Å². The van der Waals surface area contributed by atoms with Crippen LogP contribution in [-0.2, 0) is 19.9 Å². The maximum Gasteiger partial charge on any atom is 0.165 e. The summed E-state index contributed by atoms with van der Waals surface area (Å²) in [6.45, 7) is 4.92. The standard InChI is InChI=1S/C23H26FN5O/c1-15-19(16(2)28(3)27-15)10-12-30-23-20(5-4-6-21(23)24)17-7-8-22-26-13-18(9-11-25)29(22)14-17/h4-8,13-14H,9-12,25H2,1-3H3. The normalized spacial score (nSPS) is 11.4. The third-order valence-corrected chi connectivity index (χ3v) is 5.52. The van der Waals surface area contributed by atoms with Gasteiger partial charge in [0.1, 0.15) is 5.65 Å². The number of nitrogens with zero attached hydrogens (tertiary/aromatic N) is 4. The summed E-state index contributed by atoms with van der Waals surface area (Å²) >= 11 is 0. The van der Waals surface area contributed by atoms with E-state index >= 15 is 0 Å². The van der Waals surface area contributed by atoms with Crippen LogP contribution in [0, 0.1) is 19.7 Å². The van der Waals surface area contributed by atoms with Gasteiger partial charge in [-0.2, -0.15) is 5.10 Å². The fourth-order valence-corrected chi connectivity index (χ4v) is 3.84. The Labute approximate surface area is 175 Å². The first-order valence-corrected chi connectivity index (χ1v) is 10.1. The lowest BCUT2D eigenvalue weighted by Crippen LogP contribution is -2.06. The number of nitrogens with two attached hydrogens (primary N) is 1. The summed E-state index contributed by atoms with van der Waals surface area (Å²) in [6.07, 6.45) is 5.18. The molecule has 0 spiro atoms. The van der Waals surface area contributed by atoms with Crippen LogP contribution in [0.25, 0.3) is 16.8 Å². The van der Waals surface area contributed by atoms with Gasteiger partial charge in [0.15, 0.2) is 11.6 Å². The van der Waals surface area contributed by atoms with Gasteiger partial charge in [0.25, 0.3) is 0 Å². The Morgan fingerprint density at radius 2 is 1.97 bits per heavy atom. The molecule has 4 rings (SSSR count). The van der Waals surface area contributed by atoms with Gasteiger partial charge in [-0.05, 0) is 44.2 Å². The van der Waals surface area contributed by atoms with Crippen LogP contribution in [0.15, 0.2) is 42.7 Å². The van der Waals surface area contributed by atoms with Crippen molar-refractivity contribution in [2.75, 3.05) is 13.2 Å². The SMILES string of the molecule is Cc1nn(C)c(C)c1CCOc1c(F)cccc1-c1ccc2ncc(CCN)n2c1. The predicted octanol–water partition coefficient (Wildman–Crippen LogP) is 3.61. The molecule has 30 heavy (non-hydrogen) atoms. The van der Waals surface area contributed by atoms with Crippen LogP contribution in [0.1, 0.15) is 22.6 Å². The van der Waals surface area contributed by atoms with Gasteiger partial charge in [-0.25, -0.2) is 9.37 Å². The molecule has 0 aliphatic rings. The van der Waals surface area contributed by atoms with Crippen molar-refractivity contribution in [3.05, 3.63) is 71.2 Å². The van der Waals surface area contributed by atoms with Crippen molar-refractivity contribution in [3.8, 4) is 16.9 Å². The van der Waals surface area contributed by atoms with E-state index in [-0.39, 0.29) is 11.6 Å². The molecule has 0 atom stereocenters. The maximum absolute atomic E-state index is 14.7. The summed E-state index contributed by atoms with van der Waals surface area (Å²) in [6, 6.07) is 8.86. The highest BCUT2D eigenvalue weighted by Gasteiger charge is 2.15. The Morgan fingerprint density at radius 3 is 2.70 bits per heavy atom. The second-order valence-corrected chi connectivity index (χ2v) is 7.42. The molecular weight excluding hydrogens is 381 g/mol. The number of benzene rings is 1. The molecule has 0 aliphatic carbocycles. The number of rotatable bonds is 7. The first kappa shape index (κ1) is 20.1. The number of imidazole rings is 1. The van der Waals surface area contributed by atoms with E-state index < -0.39 is 0 Å². The summed E-state index contributed by atoms with van der Waals surface area (Å²) in [5, 5.41) is 4.44. The second kappa shape index (κ2) is 8.28. The molecule has 0 unspecified atom stereocenters. The molecule has 0 aliphatic heterocycles. The van der Waals surface area contributed by atoms with Crippen LogP contribution in [0.4, 0.5) is 4.39 Å². The first-order valence-electron chi connectivity index (χ1n) is 10.1. The summed E-state index contributed by atoms with van der Waals surface area (Å²) < 4.78 is 24.5. The number of hydrogen-bond acceptors (Lipinski definition) is 4. The number of aryl methyl sites for hydroxylation is 2. The highest BCUT2D eigenvalue weighted by molar-refractivity contribution is 5.71. The average molecular weight is 407 g/mol. The minimum Gasteiger partial charge on any atom is -0.490 e. The van der Waals surface area contributed by atoms with Gasteiger partial charge in [-0.3, -0.25) is 4.68 Å². The Hall–Kier alpha value is -3.19. The summed E-state index contributed by atoms with van der Waals surface area (Å²) in [5.41, 5.74) is 12.4. The fourth-order valence-electron chi connectivity index (χ4n) is 3.84. The van der Waals surface area contributed by atoms with E-state index in [1.165, 1.54) is 6.07 Å². The van der Waals surface area contributed by atoms with Crippen molar-refractivity contribution in [1.29, 1.82) is 0 Å². The Morgan fingerprint density at radius 1 is 1.13 bits per heavy atom. The van der Waals surface area contributed by atoms with Gasteiger partial charge in [-0.1, -0.05) is 12.1 Å². The van der Waals surface area contributed by atoms with Gasteiger partial charge in [0.05, 0.1) is 12.3 Å². The van der Waals surface area contributed by atoms with Crippen LogP contribution in [0.5, 0.6) is 5.75 Å². The third-order valence-electron chi connectivity index (χ3n) is 5.52. The van der Waals surface area contributed by atoms with E-state index in [2.05, 4.69) is 10.1 Å². The Kier molecular flexibility index (Phi) is 5.55. The van der Waals surface area contributed by atoms with Crippen molar-refractivity contribution in [2.45, 2.75) is 26.7 Å². The molecule has 0 bridgehead atoms. The van der Waals surface area contributed by atoms with Crippen molar-refractivity contribution in [3.63, 3.8) is 0 Å². The van der Waals surface area contributed by atoms with Gasteiger partial charge >= 0.3 is 0 Å². The summed E-state index contributed by atoms with van der Waals surface area (Å²) in [7, 11) is 1.92. The quantitative estimate of drug-likeness (QED) is 0.508. The van der Waals surface area contributed by atoms with Crippen LogP contribution in [0.2, 0.25) is 0 Å². The number of aromatic nitrogens is 4. The fraction of sp³-hybridized carbons (Fsp3) is 0.304. The van der Waals surface area contributed by atoms with Crippen LogP contribution >= 0.6 is 0 Å². The zero-order chi connectivity index (χ0) is 21.3. The van der Waals surface area contributed by atoms with Gasteiger partial charge < -0.3 is 14.9 Å². The maximum atomic E-state index is 14.7. The van der Waals surface area contributed by atoms with E-state index in [1.54, 1.807) is 6.07 Å². The molecule has 1 aromatic carbocycles. The Balaban J connectivity index is 1.63. The molecule has 4 aromatic rings. The van der Waals surface area contributed by atoms with Gasteiger partial charge in [0.2, 0.25) is 0 Å². The highest BCUT2D eigenvalue weighted by Crippen LogP contribution is 2.33. The molecule has 6 nitrogen and oxygen atoms in total. The number of pyridine rings is 1. The summed E-state index contributed by atoms with van der Waals surface area (Å²) in [5.74, 6) is -0.114. The number of para-hydroxylation sites is 1. The largest absolute Gasteiger partial charge is 0.490 e. The topological polar surface area (TPSA) is 70.4 Å². The smallest absolute Gasteiger partial charge is 0.165 e. The van der Waals surface area contributed by atoms with Crippen LogP contribution in [0.3, 0.4) is 0 Å². The lowest BCUT2D eigenvalue weighted by Gasteiger charge is -2.13. The molecule has 3 aromatic heterocycles. The molecule has 0 radical (unpaired) electrons. The average Bonchev–Trinajstić information content (AvgIpc) is 3.24. The van der Waals surface area contributed by atoms with Crippen LogP contribution in [-0.4, -0.2) is 32.3 Å². The van der Waals surface area contributed by atoms with Gasteiger partial charge in [0, 0.05) is 54.8 Å². The van der Waals surface area contributed by atoms with Crippen molar-refractivity contribution in [2.24, 2.45) is 12.8 Å².